The van der Waals surface area contributed by atoms with Gasteiger partial charge in [0.2, 0.25) is 0 Å². The number of carbonyl (C=O) groups excluding carboxylic acids is 1. The lowest BCUT2D eigenvalue weighted by atomic mass is 10.0. The van der Waals surface area contributed by atoms with Crippen molar-refractivity contribution in [1.29, 1.82) is 0 Å². The third-order valence-corrected chi connectivity index (χ3v) is 5.98. The fourth-order valence-electron chi connectivity index (χ4n) is 4.26. The van der Waals surface area contributed by atoms with Gasteiger partial charge in [-0.3, -0.25) is 0 Å². The molecule has 2 aromatic heterocycles. The summed E-state index contributed by atoms with van der Waals surface area (Å²) in [5.41, 5.74) is 12.2. The number of hydrogen-bond donors (Lipinski definition) is 3. The van der Waals surface area contributed by atoms with E-state index in [2.05, 4.69) is 20.7 Å². The summed E-state index contributed by atoms with van der Waals surface area (Å²) >= 11 is 0. The molecule has 0 bridgehead atoms. The van der Waals surface area contributed by atoms with Crippen LogP contribution in [0.5, 0.6) is 0 Å². The topological polar surface area (TPSA) is 107 Å². The highest BCUT2D eigenvalue weighted by molar-refractivity contribution is 6.01. The van der Waals surface area contributed by atoms with E-state index in [9.17, 15) is 4.79 Å². The van der Waals surface area contributed by atoms with E-state index in [-0.39, 0.29) is 6.03 Å². The van der Waals surface area contributed by atoms with Crippen LogP contribution in [0.2, 0.25) is 0 Å². The Kier molecular flexibility index (Phi) is 6.13. The van der Waals surface area contributed by atoms with Crippen molar-refractivity contribution in [3.63, 3.8) is 0 Å². The molecule has 0 aliphatic carbocycles. The van der Waals surface area contributed by atoms with Crippen LogP contribution in [-0.2, 0) is 11.2 Å². The molecule has 0 radical (unpaired) electrons. The first-order chi connectivity index (χ1) is 17.0. The number of benzene rings is 3. The molecule has 0 saturated heterocycles. The lowest BCUT2D eigenvalue weighted by molar-refractivity contribution is 0.108. The third-order valence-electron chi connectivity index (χ3n) is 5.98. The number of urea groups is 1. The van der Waals surface area contributed by atoms with E-state index in [4.69, 9.17) is 10.5 Å². The van der Waals surface area contributed by atoms with Crippen LogP contribution in [0.3, 0.4) is 0 Å². The zero-order valence-electron chi connectivity index (χ0n) is 19.5. The Labute approximate surface area is 202 Å². The largest absolute Gasteiger partial charge is 0.366 e. The molecule has 1 unspecified atom stereocenters. The van der Waals surface area contributed by atoms with Gasteiger partial charge in [-0.05, 0) is 53.1 Å². The van der Waals surface area contributed by atoms with E-state index in [1.54, 1.807) is 7.11 Å². The van der Waals surface area contributed by atoms with Crippen LogP contribution in [0.25, 0.3) is 27.4 Å². The average Bonchev–Trinajstić information content (AvgIpc) is 3.21. The van der Waals surface area contributed by atoms with Crippen molar-refractivity contribution in [1.82, 2.24) is 14.6 Å². The number of rotatable bonds is 6. The lowest BCUT2D eigenvalue weighted by Crippen LogP contribution is -2.25. The number of nitrogens with zero attached hydrogens (tertiary/aromatic N) is 3. The third kappa shape index (κ3) is 4.70. The zero-order chi connectivity index (χ0) is 24.4. The van der Waals surface area contributed by atoms with E-state index < -0.39 is 6.23 Å². The van der Waals surface area contributed by atoms with Crippen LogP contribution in [-0.4, -0.2) is 34.0 Å². The molecule has 0 aliphatic heterocycles. The Morgan fingerprint density at radius 2 is 1.74 bits per heavy atom. The molecular formula is C27H26N6O2. The van der Waals surface area contributed by atoms with Crippen LogP contribution in [0.1, 0.15) is 11.3 Å². The van der Waals surface area contributed by atoms with Crippen LogP contribution in [0.15, 0.2) is 79.3 Å². The summed E-state index contributed by atoms with van der Waals surface area (Å²) in [4.78, 5) is 17.0. The van der Waals surface area contributed by atoms with Crippen LogP contribution < -0.4 is 16.4 Å². The molecule has 8 heteroatoms. The minimum absolute atomic E-state index is 0.303. The van der Waals surface area contributed by atoms with Crippen molar-refractivity contribution in [2.45, 2.75) is 19.6 Å². The second-order valence-corrected chi connectivity index (χ2v) is 8.38. The van der Waals surface area contributed by atoms with E-state index in [1.807, 2.05) is 84.4 Å². The van der Waals surface area contributed by atoms with Gasteiger partial charge in [-0.25, -0.2) is 14.3 Å². The lowest BCUT2D eigenvalue weighted by Gasteiger charge is -2.12. The molecule has 2 amide bonds. The van der Waals surface area contributed by atoms with Crippen LogP contribution in [0.4, 0.5) is 16.2 Å². The highest BCUT2D eigenvalue weighted by atomic mass is 16.5. The minimum atomic E-state index is -0.454. The number of nitrogens with one attached hydrogen (secondary N) is 2. The summed E-state index contributed by atoms with van der Waals surface area (Å²) in [6.45, 7) is 2.03. The Balaban J connectivity index is 1.36. The number of methoxy groups -OCH3 is 1. The summed E-state index contributed by atoms with van der Waals surface area (Å²) in [5.74, 6) is 0. The summed E-state index contributed by atoms with van der Waals surface area (Å²) in [5, 5.41) is 12.3. The normalized spacial score (nSPS) is 12.1. The Morgan fingerprint density at radius 3 is 2.51 bits per heavy atom. The molecule has 35 heavy (non-hydrogen) atoms. The highest BCUT2D eigenvalue weighted by Crippen LogP contribution is 2.32. The van der Waals surface area contributed by atoms with Crippen molar-refractivity contribution in [3.05, 3.63) is 90.5 Å². The molecule has 1 atom stereocenters. The molecule has 5 rings (SSSR count). The van der Waals surface area contributed by atoms with Crippen molar-refractivity contribution >= 4 is 33.7 Å². The molecular weight excluding hydrogens is 440 g/mol. The van der Waals surface area contributed by atoms with Crippen LogP contribution >= 0.6 is 0 Å². The molecule has 0 spiro atoms. The van der Waals surface area contributed by atoms with Gasteiger partial charge in [0.15, 0.2) is 0 Å². The Morgan fingerprint density at radius 1 is 1.03 bits per heavy atom. The number of amides is 2. The van der Waals surface area contributed by atoms with Crippen molar-refractivity contribution in [3.8, 4) is 11.1 Å². The van der Waals surface area contributed by atoms with Crippen LogP contribution in [0, 0.1) is 6.92 Å². The number of ether oxygens (including phenoxy) is 1. The maximum atomic E-state index is 12.6. The van der Waals surface area contributed by atoms with E-state index in [0.717, 1.165) is 44.4 Å². The fourth-order valence-corrected chi connectivity index (χ4v) is 4.26. The first-order valence-electron chi connectivity index (χ1n) is 11.3. The highest BCUT2D eigenvalue weighted by Gasteiger charge is 2.17. The number of aryl methyl sites for hydroxylation is 1. The second kappa shape index (κ2) is 9.54. The smallest absolute Gasteiger partial charge is 0.323 e. The zero-order valence-corrected chi connectivity index (χ0v) is 19.5. The molecule has 2 heterocycles. The molecule has 3 aromatic carbocycles. The van der Waals surface area contributed by atoms with Gasteiger partial charge in [-0.15, -0.1) is 0 Å². The predicted octanol–water partition coefficient (Wildman–Crippen LogP) is 4.98. The summed E-state index contributed by atoms with van der Waals surface area (Å²) in [7, 11) is 1.58. The average molecular weight is 467 g/mol. The van der Waals surface area contributed by atoms with Crippen molar-refractivity contribution in [2.24, 2.45) is 5.73 Å². The van der Waals surface area contributed by atoms with Gasteiger partial charge in [0.05, 0.1) is 11.2 Å². The van der Waals surface area contributed by atoms with Gasteiger partial charge in [0, 0.05) is 36.7 Å². The second-order valence-electron chi connectivity index (χ2n) is 8.38. The quantitative estimate of drug-likeness (QED) is 0.306. The number of hydrogen-bond acceptors (Lipinski definition) is 5. The molecule has 0 saturated carbocycles. The summed E-state index contributed by atoms with van der Waals surface area (Å²) in [6.07, 6.45) is 3.50. The Bertz CT molecular complexity index is 1510. The van der Waals surface area contributed by atoms with Gasteiger partial charge in [0.25, 0.3) is 0 Å². The molecule has 0 fully saturated rings. The van der Waals surface area contributed by atoms with Crippen molar-refractivity contribution in [2.75, 3.05) is 17.7 Å². The van der Waals surface area contributed by atoms with Gasteiger partial charge < -0.3 is 21.1 Å². The Hall–Kier alpha value is -4.27. The summed E-state index contributed by atoms with van der Waals surface area (Å²) < 4.78 is 7.05. The van der Waals surface area contributed by atoms with Gasteiger partial charge in [0.1, 0.15) is 12.6 Å². The maximum absolute atomic E-state index is 12.6. The molecule has 176 valence electrons. The number of fused-ring (bicyclic) bond motifs is 2. The van der Waals surface area contributed by atoms with Crippen molar-refractivity contribution < 1.29 is 9.53 Å². The molecule has 5 aromatic rings. The summed E-state index contributed by atoms with van der Waals surface area (Å²) in [6, 6.07) is 21.3. The number of carbonyl (C=O) groups is 1. The fraction of sp³-hybridized carbons (Fsp3) is 0.148. The SMILES string of the molecule is COC(N)Cc1ncnn2cc(C)c(-c3ccc(NC(=O)Nc4ccc5ccccc5c4)cc3)c12. The standard InChI is InChI=1S/C27H26N6O2/c1-17-15-33-26(23(29-16-30-33)14-24(28)35-2)25(17)19-8-10-21(11-9-19)31-27(34)32-22-12-7-18-5-3-4-6-20(18)13-22/h3-13,15-16,24H,14,28H2,1-2H3,(H2,31,32,34). The van der Waals surface area contributed by atoms with E-state index in [1.165, 1.54) is 6.33 Å². The number of aromatic nitrogens is 3. The number of nitrogens with two attached hydrogens (primary N) is 1. The maximum Gasteiger partial charge on any atom is 0.323 e. The minimum Gasteiger partial charge on any atom is -0.366 e. The predicted molar refractivity (Wildman–Crippen MR) is 138 cm³/mol. The monoisotopic (exact) mass is 466 g/mol. The van der Waals surface area contributed by atoms with Gasteiger partial charge >= 0.3 is 6.03 Å². The first kappa shape index (κ1) is 22.5. The number of anilines is 2. The molecule has 4 N–H and O–H groups in total. The van der Waals surface area contributed by atoms with E-state index in [0.29, 0.717) is 12.1 Å². The van der Waals surface area contributed by atoms with Gasteiger partial charge in [-0.1, -0.05) is 42.5 Å². The molecule has 8 nitrogen and oxygen atoms in total. The van der Waals surface area contributed by atoms with Gasteiger partial charge in [-0.2, -0.15) is 5.10 Å². The molecule has 0 aliphatic rings. The first-order valence-corrected chi connectivity index (χ1v) is 11.3. The van der Waals surface area contributed by atoms with E-state index >= 15 is 0 Å².